The second-order valence-corrected chi connectivity index (χ2v) is 7.65. The van der Waals surface area contributed by atoms with Crippen LogP contribution in [-0.4, -0.2) is 14.0 Å². The van der Waals surface area contributed by atoms with Gasteiger partial charge in [0.15, 0.2) is 0 Å². The van der Waals surface area contributed by atoms with E-state index in [2.05, 4.69) is 18.6 Å². The van der Waals surface area contributed by atoms with Crippen LogP contribution in [0.1, 0.15) is 40.2 Å². The predicted molar refractivity (Wildman–Crippen MR) is 80.4 cm³/mol. The molecule has 1 rings (SSSR count). The van der Waals surface area contributed by atoms with E-state index >= 15 is 0 Å². The van der Waals surface area contributed by atoms with Gasteiger partial charge in [-0.3, -0.25) is 0 Å². The molecular formula is C15H23NO2S. The van der Waals surface area contributed by atoms with E-state index in [1.165, 1.54) is 0 Å². The summed E-state index contributed by atoms with van der Waals surface area (Å²) in [7, 11) is -3.50. The Labute approximate surface area is 116 Å². The van der Waals surface area contributed by atoms with Crippen molar-refractivity contribution in [2.45, 2.75) is 45.1 Å². The third-order valence-electron chi connectivity index (χ3n) is 2.31. The lowest BCUT2D eigenvalue weighted by Crippen LogP contribution is -2.40. The van der Waals surface area contributed by atoms with Crippen LogP contribution in [0.4, 0.5) is 0 Å². The summed E-state index contributed by atoms with van der Waals surface area (Å²) < 4.78 is 27.4. The third kappa shape index (κ3) is 5.17. The zero-order valence-electron chi connectivity index (χ0n) is 12.3. The highest BCUT2D eigenvalue weighted by Crippen LogP contribution is 2.19. The van der Waals surface area contributed by atoms with Gasteiger partial charge in [-0.15, -0.1) is 0 Å². The van der Waals surface area contributed by atoms with Crippen molar-refractivity contribution in [2.24, 2.45) is 5.92 Å². The van der Waals surface area contributed by atoms with Gasteiger partial charge in [0.05, 0.1) is 4.90 Å². The van der Waals surface area contributed by atoms with Crippen molar-refractivity contribution in [1.29, 1.82) is 0 Å². The minimum atomic E-state index is -3.50. The van der Waals surface area contributed by atoms with Crippen molar-refractivity contribution in [3.8, 4) is 0 Å². The minimum absolute atomic E-state index is 0.321. The molecule has 1 aromatic carbocycles. The number of sulfonamides is 1. The first kappa shape index (κ1) is 15.9. The van der Waals surface area contributed by atoms with Crippen molar-refractivity contribution >= 4 is 16.1 Å². The number of hydrogen-bond acceptors (Lipinski definition) is 2. The van der Waals surface area contributed by atoms with E-state index in [-0.39, 0.29) is 0 Å². The molecule has 0 aliphatic heterocycles. The summed E-state index contributed by atoms with van der Waals surface area (Å²) in [5.41, 5.74) is 0.223. The van der Waals surface area contributed by atoms with E-state index < -0.39 is 15.6 Å². The Kier molecular flexibility index (Phi) is 4.93. The average Bonchev–Trinajstić information content (AvgIpc) is 2.23. The van der Waals surface area contributed by atoms with Crippen LogP contribution in [0.25, 0.3) is 6.08 Å². The highest BCUT2D eigenvalue weighted by Gasteiger charge is 2.23. The third-order valence-corrected chi connectivity index (χ3v) is 4.14. The van der Waals surface area contributed by atoms with Crippen molar-refractivity contribution in [1.82, 2.24) is 4.72 Å². The molecule has 0 atom stereocenters. The van der Waals surface area contributed by atoms with E-state index in [1.54, 1.807) is 12.1 Å². The van der Waals surface area contributed by atoms with E-state index in [9.17, 15) is 8.42 Å². The summed E-state index contributed by atoms with van der Waals surface area (Å²) in [6.07, 6.45) is 3.85. The summed E-state index contributed by atoms with van der Waals surface area (Å²) in [4.78, 5) is 0.321. The zero-order valence-corrected chi connectivity index (χ0v) is 13.1. The molecule has 3 nitrogen and oxygen atoms in total. The molecule has 0 bridgehead atoms. The van der Waals surface area contributed by atoms with Gasteiger partial charge >= 0.3 is 0 Å². The molecule has 0 saturated heterocycles. The lowest BCUT2D eigenvalue weighted by Gasteiger charge is -2.21. The molecule has 0 aliphatic carbocycles. The largest absolute Gasteiger partial charge is 0.241 e. The molecule has 0 amide bonds. The number of benzene rings is 1. The lowest BCUT2D eigenvalue weighted by atomic mass is 10.1. The molecule has 106 valence electrons. The van der Waals surface area contributed by atoms with Crippen LogP contribution in [0, 0.1) is 5.92 Å². The molecule has 0 radical (unpaired) electrons. The van der Waals surface area contributed by atoms with Gasteiger partial charge in [-0.2, -0.15) is 0 Å². The molecule has 0 aromatic heterocycles. The van der Waals surface area contributed by atoms with Crippen LogP contribution in [0.2, 0.25) is 0 Å². The Morgan fingerprint density at radius 2 is 1.74 bits per heavy atom. The maximum atomic E-state index is 12.4. The Morgan fingerprint density at radius 1 is 1.16 bits per heavy atom. The van der Waals surface area contributed by atoms with Gasteiger partial charge in [-0.05, 0) is 38.3 Å². The summed E-state index contributed by atoms with van der Waals surface area (Å²) in [5, 5.41) is 0. The van der Waals surface area contributed by atoms with Gasteiger partial charge in [0.25, 0.3) is 0 Å². The van der Waals surface area contributed by atoms with E-state index in [0.29, 0.717) is 16.4 Å². The van der Waals surface area contributed by atoms with Crippen LogP contribution in [0.15, 0.2) is 35.2 Å². The van der Waals surface area contributed by atoms with Gasteiger partial charge in [0.1, 0.15) is 0 Å². The van der Waals surface area contributed by atoms with Crippen molar-refractivity contribution < 1.29 is 8.42 Å². The topological polar surface area (TPSA) is 46.2 Å². The average molecular weight is 281 g/mol. The van der Waals surface area contributed by atoms with E-state index in [0.717, 1.165) is 0 Å². The summed E-state index contributed by atoms with van der Waals surface area (Å²) in [6.45, 7) is 9.60. The van der Waals surface area contributed by atoms with Crippen LogP contribution < -0.4 is 4.72 Å². The number of hydrogen-bond donors (Lipinski definition) is 1. The smallest absolute Gasteiger partial charge is 0.207 e. The maximum Gasteiger partial charge on any atom is 0.241 e. The fraction of sp³-hybridized carbons (Fsp3) is 0.467. The van der Waals surface area contributed by atoms with Crippen LogP contribution in [0.3, 0.4) is 0 Å². The Balaban J connectivity index is 3.20. The summed E-state index contributed by atoms with van der Waals surface area (Å²) >= 11 is 0. The number of rotatable bonds is 4. The SMILES string of the molecule is CC(C)/C=C/c1ccccc1S(=O)(=O)NC(C)(C)C. The van der Waals surface area contributed by atoms with Crippen LogP contribution in [-0.2, 0) is 10.0 Å². The first-order valence-electron chi connectivity index (χ1n) is 6.43. The van der Waals surface area contributed by atoms with Crippen LogP contribution >= 0.6 is 0 Å². The molecule has 0 heterocycles. The van der Waals surface area contributed by atoms with E-state index in [1.807, 2.05) is 45.1 Å². The first-order chi connectivity index (χ1) is 8.62. The lowest BCUT2D eigenvalue weighted by molar-refractivity contribution is 0.491. The van der Waals surface area contributed by atoms with Crippen molar-refractivity contribution in [2.75, 3.05) is 0 Å². The fourth-order valence-corrected chi connectivity index (χ4v) is 3.24. The molecule has 19 heavy (non-hydrogen) atoms. The Morgan fingerprint density at radius 3 is 2.26 bits per heavy atom. The summed E-state index contributed by atoms with van der Waals surface area (Å²) in [5.74, 6) is 0.381. The maximum absolute atomic E-state index is 12.4. The monoisotopic (exact) mass is 281 g/mol. The number of allylic oxidation sites excluding steroid dienone is 1. The molecule has 0 spiro atoms. The van der Waals surface area contributed by atoms with Gasteiger partial charge in [0, 0.05) is 5.54 Å². The van der Waals surface area contributed by atoms with Gasteiger partial charge in [-0.1, -0.05) is 44.2 Å². The van der Waals surface area contributed by atoms with E-state index in [4.69, 9.17) is 0 Å². The molecule has 1 aromatic rings. The molecule has 4 heteroatoms. The zero-order chi connectivity index (χ0) is 14.7. The van der Waals surface area contributed by atoms with Gasteiger partial charge in [-0.25, -0.2) is 13.1 Å². The second kappa shape index (κ2) is 5.88. The van der Waals surface area contributed by atoms with Crippen molar-refractivity contribution in [3.63, 3.8) is 0 Å². The molecular weight excluding hydrogens is 258 g/mol. The second-order valence-electron chi connectivity index (χ2n) is 6.00. The van der Waals surface area contributed by atoms with Gasteiger partial charge < -0.3 is 0 Å². The highest BCUT2D eigenvalue weighted by molar-refractivity contribution is 7.89. The molecule has 0 unspecified atom stereocenters. The minimum Gasteiger partial charge on any atom is -0.207 e. The standard InChI is InChI=1S/C15H23NO2S/c1-12(2)10-11-13-8-6-7-9-14(13)19(17,18)16-15(3,4)5/h6-12,16H,1-5H3/b11-10+. The molecule has 0 saturated carbocycles. The Bertz CT molecular complexity index is 552. The Hall–Kier alpha value is -1.13. The predicted octanol–water partition coefficient (Wildman–Crippen LogP) is 3.43. The fourth-order valence-electron chi connectivity index (χ4n) is 1.62. The first-order valence-corrected chi connectivity index (χ1v) is 7.91. The van der Waals surface area contributed by atoms with Crippen molar-refractivity contribution in [3.05, 3.63) is 35.9 Å². The molecule has 1 N–H and O–H groups in total. The quantitative estimate of drug-likeness (QED) is 0.919. The number of nitrogens with one attached hydrogen (secondary N) is 1. The normalized spacial score (nSPS) is 13.4. The van der Waals surface area contributed by atoms with Crippen LogP contribution in [0.5, 0.6) is 0 Å². The summed E-state index contributed by atoms with van der Waals surface area (Å²) in [6, 6.07) is 7.03. The van der Waals surface area contributed by atoms with Gasteiger partial charge in [0.2, 0.25) is 10.0 Å². The molecule has 0 fully saturated rings. The highest BCUT2D eigenvalue weighted by atomic mass is 32.2. The molecule has 0 aliphatic rings.